The van der Waals surface area contributed by atoms with E-state index in [0.29, 0.717) is 19.6 Å². The van der Waals surface area contributed by atoms with Gasteiger partial charge >= 0.3 is 6.18 Å². The van der Waals surface area contributed by atoms with Gasteiger partial charge in [0.1, 0.15) is 11.6 Å². The minimum atomic E-state index is -4.63. The van der Waals surface area contributed by atoms with E-state index in [-0.39, 0.29) is 28.1 Å². The zero-order chi connectivity index (χ0) is 26.0. The van der Waals surface area contributed by atoms with Gasteiger partial charge in [0.05, 0.1) is 0 Å². The number of halogens is 4. The van der Waals surface area contributed by atoms with Crippen molar-refractivity contribution in [3.05, 3.63) is 82.8 Å². The zero-order valence-corrected chi connectivity index (χ0v) is 20.9. The molecule has 1 saturated carbocycles. The molecule has 5 nitrogen and oxygen atoms in total. The zero-order valence-electron chi connectivity index (χ0n) is 20.1. The van der Waals surface area contributed by atoms with Gasteiger partial charge in [-0.25, -0.2) is 9.37 Å². The minimum absolute atomic E-state index is 0.141. The van der Waals surface area contributed by atoms with Crippen LogP contribution in [-0.4, -0.2) is 21.6 Å². The number of benzene rings is 2. The van der Waals surface area contributed by atoms with Gasteiger partial charge in [-0.05, 0) is 53.9 Å². The van der Waals surface area contributed by atoms with Crippen LogP contribution in [0, 0.1) is 5.82 Å². The summed E-state index contributed by atoms with van der Waals surface area (Å²) in [5, 5.41) is 6.08. The third kappa shape index (κ3) is 5.69. The molecule has 1 aliphatic heterocycles. The molecule has 0 spiro atoms. The Morgan fingerprint density at radius 1 is 0.946 bits per heavy atom. The third-order valence-electron chi connectivity index (χ3n) is 7.25. The maximum Gasteiger partial charge on any atom is 0.433 e. The summed E-state index contributed by atoms with van der Waals surface area (Å²) in [6.07, 6.45) is 0.397. The first kappa shape index (κ1) is 25.4. The van der Waals surface area contributed by atoms with Crippen molar-refractivity contribution in [1.29, 1.82) is 0 Å². The van der Waals surface area contributed by atoms with Crippen LogP contribution in [0.15, 0.2) is 54.6 Å². The van der Waals surface area contributed by atoms with Gasteiger partial charge in [0, 0.05) is 31.1 Å². The number of hydrogen-bond donors (Lipinski definition) is 2. The number of rotatable bonds is 5. The van der Waals surface area contributed by atoms with E-state index < -0.39 is 11.9 Å². The van der Waals surface area contributed by atoms with E-state index in [1.165, 1.54) is 12.1 Å². The van der Waals surface area contributed by atoms with Gasteiger partial charge in [-0.3, -0.25) is 0 Å². The molecule has 0 atom stereocenters. The van der Waals surface area contributed by atoms with Crippen LogP contribution < -0.4 is 15.5 Å². The molecule has 2 aliphatic rings. The molecular formula is C27H27F4N5S. The lowest BCUT2D eigenvalue weighted by Crippen LogP contribution is -2.43. The highest BCUT2D eigenvalue weighted by atomic mass is 32.1. The molecule has 3 aromatic rings. The highest BCUT2D eigenvalue weighted by Gasteiger charge is 2.36. The SMILES string of the molecule is Fc1ccc(C2(CNC(=S)Nc3nc(N4Cc5ccccc5C4)cc(C(F)(F)F)n3)CCCCC2)cc1. The predicted octanol–water partition coefficient (Wildman–Crippen LogP) is 6.34. The highest BCUT2D eigenvalue weighted by Crippen LogP contribution is 2.39. The molecule has 0 amide bonds. The average molecular weight is 530 g/mol. The van der Waals surface area contributed by atoms with Gasteiger partial charge in [0.2, 0.25) is 5.95 Å². The van der Waals surface area contributed by atoms with Crippen LogP contribution in [0.5, 0.6) is 0 Å². The number of anilines is 2. The van der Waals surface area contributed by atoms with Crippen molar-refractivity contribution in [2.75, 3.05) is 16.8 Å². The number of hydrogen-bond acceptors (Lipinski definition) is 4. The maximum atomic E-state index is 13.7. The molecule has 2 aromatic carbocycles. The van der Waals surface area contributed by atoms with Crippen LogP contribution in [-0.2, 0) is 24.7 Å². The van der Waals surface area contributed by atoms with E-state index in [1.54, 1.807) is 17.0 Å². The van der Waals surface area contributed by atoms with Crippen LogP contribution in [0.3, 0.4) is 0 Å². The van der Waals surface area contributed by atoms with Gasteiger partial charge in [-0.1, -0.05) is 55.7 Å². The van der Waals surface area contributed by atoms with Crippen molar-refractivity contribution < 1.29 is 17.6 Å². The lowest BCUT2D eigenvalue weighted by Gasteiger charge is -2.38. The van der Waals surface area contributed by atoms with Gasteiger partial charge in [-0.15, -0.1) is 0 Å². The van der Waals surface area contributed by atoms with Crippen molar-refractivity contribution in [3.8, 4) is 0 Å². The average Bonchev–Trinajstić information content (AvgIpc) is 3.32. The summed E-state index contributed by atoms with van der Waals surface area (Å²) in [6, 6.07) is 15.2. The molecule has 10 heteroatoms. The van der Waals surface area contributed by atoms with Gasteiger partial charge in [0.15, 0.2) is 10.8 Å². The number of nitrogens with one attached hydrogen (secondary N) is 2. The molecule has 194 valence electrons. The van der Waals surface area contributed by atoms with Gasteiger partial charge in [-0.2, -0.15) is 18.2 Å². The molecule has 0 radical (unpaired) electrons. The molecular weight excluding hydrogens is 502 g/mol. The fraction of sp³-hybridized carbons (Fsp3) is 0.370. The van der Waals surface area contributed by atoms with Crippen molar-refractivity contribution in [2.45, 2.75) is 56.8 Å². The molecule has 0 bridgehead atoms. The fourth-order valence-electron chi connectivity index (χ4n) is 5.29. The molecule has 0 saturated heterocycles. The molecule has 1 fully saturated rings. The Hall–Kier alpha value is -3.27. The molecule has 37 heavy (non-hydrogen) atoms. The summed E-state index contributed by atoms with van der Waals surface area (Å²) in [5.74, 6) is -0.324. The van der Waals surface area contributed by atoms with E-state index in [4.69, 9.17) is 12.2 Å². The molecule has 1 aliphatic carbocycles. The quantitative estimate of drug-likeness (QED) is 0.297. The Morgan fingerprint density at radius 2 is 1.59 bits per heavy atom. The van der Waals surface area contributed by atoms with Crippen molar-refractivity contribution in [1.82, 2.24) is 15.3 Å². The Balaban J connectivity index is 1.33. The number of nitrogens with zero attached hydrogens (tertiary/aromatic N) is 3. The first-order chi connectivity index (χ1) is 17.7. The largest absolute Gasteiger partial charge is 0.433 e. The number of thiocarbonyl (C=S) groups is 1. The molecule has 2 N–H and O–H groups in total. The summed E-state index contributed by atoms with van der Waals surface area (Å²) in [7, 11) is 0. The third-order valence-corrected chi connectivity index (χ3v) is 7.49. The Bertz CT molecular complexity index is 1250. The van der Waals surface area contributed by atoms with Crippen LogP contribution >= 0.6 is 12.2 Å². The summed E-state index contributed by atoms with van der Waals surface area (Å²) >= 11 is 5.44. The van der Waals surface area contributed by atoms with Crippen molar-refractivity contribution in [2.24, 2.45) is 0 Å². The summed E-state index contributed by atoms with van der Waals surface area (Å²) in [4.78, 5) is 9.86. The normalized spacial score (nSPS) is 16.8. The van der Waals surface area contributed by atoms with E-state index in [2.05, 4.69) is 20.6 Å². The summed E-state index contributed by atoms with van der Waals surface area (Å²) in [6.45, 7) is 1.40. The van der Waals surface area contributed by atoms with E-state index in [1.807, 2.05) is 24.3 Å². The second-order valence-electron chi connectivity index (χ2n) is 9.71. The smallest absolute Gasteiger partial charge is 0.361 e. The first-order valence-corrected chi connectivity index (χ1v) is 12.7. The topological polar surface area (TPSA) is 53.1 Å². The van der Waals surface area contributed by atoms with Crippen molar-refractivity contribution in [3.63, 3.8) is 0 Å². The summed E-state index contributed by atoms with van der Waals surface area (Å²) < 4.78 is 54.6. The van der Waals surface area contributed by atoms with Crippen LogP contribution in [0.1, 0.15) is 54.5 Å². The molecule has 0 unspecified atom stereocenters. The lowest BCUT2D eigenvalue weighted by molar-refractivity contribution is -0.141. The Morgan fingerprint density at radius 3 is 2.22 bits per heavy atom. The van der Waals surface area contributed by atoms with E-state index >= 15 is 0 Å². The first-order valence-electron chi connectivity index (χ1n) is 12.3. The van der Waals surface area contributed by atoms with Crippen LogP contribution in [0.25, 0.3) is 0 Å². The number of fused-ring (bicyclic) bond motifs is 1. The number of alkyl halides is 3. The maximum absolute atomic E-state index is 13.7. The number of aromatic nitrogens is 2. The van der Waals surface area contributed by atoms with Crippen LogP contribution in [0.2, 0.25) is 0 Å². The molecule has 5 rings (SSSR count). The Labute approximate surface area is 218 Å². The Kier molecular flexibility index (Phi) is 7.02. The minimum Gasteiger partial charge on any atom is -0.361 e. The summed E-state index contributed by atoms with van der Waals surface area (Å²) in [5.41, 5.74) is 1.86. The van der Waals surface area contributed by atoms with Gasteiger partial charge < -0.3 is 15.5 Å². The molecule has 2 heterocycles. The van der Waals surface area contributed by atoms with E-state index in [9.17, 15) is 17.6 Å². The predicted molar refractivity (Wildman–Crippen MR) is 139 cm³/mol. The fourth-order valence-corrected chi connectivity index (χ4v) is 5.45. The van der Waals surface area contributed by atoms with Gasteiger partial charge in [0.25, 0.3) is 0 Å². The highest BCUT2D eigenvalue weighted by molar-refractivity contribution is 7.80. The second-order valence-corrected chi connectivity index (χ2v) is 10.1. The molecule has 1 aromatic heterocycles. The standard InChI is InChI=1S/C27H27F4N5S/c28-21-10-8-20(9-11-21)26(12-4-1-5-13-26)17-32-25(37)35-24-33-22(27(29,30)31)14-23(34-24)36-15-18-6-2-3-7-19(18)16-36/h2-3,6-11,14H,1,4-5,12-13,15-17H2,(H2,32,33,34,35,37). The second kappa shape index (κ2) is 10.2. The lowest BCUT2D eigenvalue weighted by atomic mass is 9.69. The monoisotopic (exact) mass is 529 g/mol. The van der Waals surface area contributed by atoms with Crippen LogP contribution in [0.4, 0.5) is 29.3 Å². The van der Waals surface area contributed by atoms with E-state index in [0.717, 1.165) is 54.9 Å². The van der Waals surface area contributed by atoms with Crippen molar-refractivity contribution >= 4 is 29.1 Å².